The molecule has 0 saturated carbocycles. The van der Waals surface area contributed by atoms with Crippen LogP contribution in [0.1, 0.15) is 0 Å². The van der Waals surface area contributed by atoms with Gasteiger partial charge in [-0.05, 0) is 0 Å². The lowest BCUT2D eigenvalue weighted by molar-refractivity contribution is 0.183. The Balaban J connectivity index is 0. The van der Waals surface area contributed by atoms with Crippen LogP contribution in [-0.2, 0) is 18.2 Å². The van der Waals surface area contributed by atoms with Crippen LogP contribution in [0.3, 0.4) is 0 Å². The average Bonchev–Trinajstić information content (AvgIpc) is 1.72. The van der Waals surface area contributed by atoms with Crippen LogP contribution in [-0.4, -0.2) is 31.8 Å². The number of nitrogens with two attached hydrogens (primary N) is 2. The predicted molar refractivity (Wildman–Crippen MR) is 45.4 cm³/mol. The molecule has 14 heteroatoms. The lowest BCUT2D eigenvalue weighted by Crippen LogP contribution is -2.10. The molecule has 0 bridgehead atoms. The van der Waals surface area contributed by atoms with E-state index in [9.17, 15) is 18.7 Å². The van der Waals surface area contributed by atoms with Crippen molar-refractivity contribution in [3.05, 3.63) is 0 Å². The number of phosphoric acid groups is 2. The maximum absolute atomic E-state index is 9.61. The second-order valence-electron chi connectivity index (χ2n) is 1.80. The standard InChI is InChI=1S/2CH4NO5P/c2*2-1(3)7-8(4,5)6/h2*(H2,2,3)(H2,4,5,6). The summed E-state index contributed by atoms with van der Waals surface area (Å²) in [7, 11) is -9.39. The van der Waals surface area contributed by atoms with Crippen LogP contribution >= 0.6 is 15.6 Å². The zero-order valence-electron chi connectivity index (χ0n) is 7.29. The summed E-state index contributed by atoms with van der Waals surface area (Å²) in [6.45, 7) is 0. The Labute approximate surface area is 87.6 Å². The SMILES string of the molecule is NC(=O)OP(=O)(O)O.NC(=O)OP(=O)(O)O. The van der Waals surface area contributed by atoms with Crippen molar-refractivity contribution >= 4 is 27.8 Å². The van der Waals surface area contributed by atoms with Crippen LogP contribution < -0.4 is 11.5 Å². The van der Waals surface area contributed by atoms with Crippen molar-refractivity contribution in [3.63, 3.8) is 0 Å². The Morgan fingerprint density at radius 1 is 0.812 bits per heavy atom. The number of hydrogen-bond donors (Lipinski definition) is 6. The number of amides is 2. The summed E-state index contributed by atoms with van der Waals surface area (Å²) in [5.74, 6) is 0. The first-order chi connectivity index (χ1) is 6.83. The molecule has 0 heterocycles. The van der Waals surface area contributed by atoms with E-state index in [-0.39, 0.29) is 0 Å². The van der Waals surface area contributed by atoms with Crippen LogP contribution in [0.4, 0.5) is 9.59 Å². The molecular weight excluding hydrogens is 274 g/mol. The zero-order valence-corrected chi connectivity index (χ0v) is 9.08. The molecule has 0 rings (SSSR count). The first kappa shape index (κ1) is 17.2. The van der Waals surface area contributed by atoms with Gasteiger partial charge >= 0.3 is 27.8 Å². The molecule has 0 aromatic heterocycles. The third-order valence-corrected chi connectivity index (χ3v) is 1.25. The fourth-order valence-electron chi connectivity index (χ4n) is 0.234. The molecule has 0 fully saturated rings. The monoisotopic (exact) mass is 282 g/mol. The molecule has 0 spiro atoms. The Hall–Kier alpha value is -1.16. The highest BCUT2D eigenvalue weighted by Gasteiger charge is 2.17. The Kier molecular flexibility index (Phi) is 6.93. The summed E-state index contributed by atoms with van der Waals surface area (Å²) < 4.78 is 25.7. The van der Waals surface area contributed by atoms with E-state index in [2.05, 4.69) is 20.5 Å². The van der Waals surface area contributed by atoms with Gasteiger partial charge in [-0.15, -0.1) is 0 Å². The molecule has 0 aliphatic rings. The highest BCUT2D eigenvalue weighted by Crippen LogP contribution is 2.35. The highest BCUT2D eigenvalue weighted by atomic mass is 31.2. The Morgan fingerprint density at radius 2 is 1.00 bits per heavy atom. The van der Waals surface area contributed by atoms with E-state index in [0.717, 1.165) is 0 Å². The minimum Gasteiger partial charge on any atom is -0.354 e. The molecule has 0 saturated heterocycles. The van der Waals surface area contributed by atoms with E-state index in [1.54, 1.807) is 0 Å². The molecule has 0 unspecified atom stereocenters. The van der Waals surface area contributed by atoms with Crippen LogP contribution in [0, 0.1) is 0 Å². The van der Waals surface area contributed by atoms with Crippen molar-refractivity contribution in [2.45, 2.75) is 0 Å². The van der Waals surface area contributed by atoms with Gasteiger partial charge in [-0.1, -0.05) is 0 Å². The van der Waals surface area contributed by atoms with E-state index in [1.165, 1.54) is 0 Å². The van der Waals surface area contributed by atoms with E-state index in [1.807, 2.05) is 0 Å². The smallest absolute Gasteiger partial charge is 0.354 e. The van der Waals surface area contributed by atoms with Gasteiger partial charge in [0.25, 0.3) is 0 Å². The van der Waals surface area contributed by atoms with Crippen molar-refractivity contribution in [1.29, 1.82) is 0 Å². The van der Waals surface area contributed by atoms with E-state index in [4.69, 9.17) is 19.6 Å². The number of primary amides is 2. The number of hydrogen-bond acceptors (Lipinski definition) is 6. The van der Waals surface area contributed by atoms with Gasteiger partial charge in [-0.25, -0.2) is 18.7 Å². The number of rotatable bonds is 2. The molecule has 0 atom stereocenters. The normalized spacial score (nSPS) is 10.8. The molecule has 96 valence electrons. The second-order valence-corrected chi connectivity index (χ2v) is 4.13. The van der Waals surface area contributed by atoms with Crippen LogP contribution in [0.2, 0.25) is 0 Å². The van der Waals surface area contributed by atoms with E-state index >= 15 is 0 Å². The van der Waals surface area contributed by atoms with Crippen molar-refractivity contribution in [1.82, 2.24) is 0 Å². The van der Waals surface area contributed by atoms with Gasteiger partial charge in [-0.3, -0.25) is 19.6 Å². The third-order valence-electron chi connectivity index (χ3n) is 0.418. The fraction of sp³-hybridized carbons (Fsp3) is 0. The van der Waals surface area contributed by atoms with E-state index < -0.39 is 27.8 Å². The Bertz CT molecular complexity index is 305. The van der Waals surface area contributed by atoms with Crippen molar-refractivity contribution in [3.8, 4) is 0 Å². The predicted octanol–water partition coefficient (Wildman–Crippen LogP) is -1.65. The largest absolute Gasteiger partial charge is 0.528 e. The minimum absolute atomic E-state index is 1.49. The molecule has 8 N–H and O–H groups in total. The third kappa shape index (κ3) is 23.0. The van der Waals surface area contributed by atoms with Crippen molar-refractivity contribution in [2.75, 3.05) is 0 Å². The molecular formula is C2H8N2O10P2. The number of carbonyl (C=O) groups is 2. The van der Waals surface area contributed by atoms with Gasteiger partial charge in [-0.2, -0.15) is 0 Å². The van der Waals surface area contributed by atoms with Gasteiger partial charge < -0.3 is 20.5 Å². The molecule has 2 amide bonds. The molecule has 0 aromatic carbocycles. The fourth-order valence-corrected chi connectivity index (χ4v) is 0.703. The average molecular weight is 282 g/mol. The number of phosphoric ester groups is 2. The molecule has 16 heavy (non-hydrogen) atoms. The molecule has 0 aliphatic carbocycles. The maximum Gasteiger partial charge on any atom is 0.528 e. The summed E-state index contributed by atoms with van der Waals surface area (Å²) in [4.78, 5) is 50.1. The highest BCUT2D eigenvalue weighted by molar-refractivity contribution is 7.47. The molecule has 12 nitrogen and oxygen atoms in total. The first-order valence-corrected chi connectivity index (χ1v) is 5.98. The topological polar surface area (TPSA) is 220 Å². The van der Waals surface area contributed by atoms with Crippen LogP contribution in [0.25, 0.3) is 0 Å². The van der Waals surface area contributed by atoms with Crippen molar-refractivity contribution in [2.24, 2.45) is 11.5 Å². The summed E-state index contributed by atoms with van der Waals surface area (Å²) in [6.07, 6.45) is -2.98. The van der Waals surface area contributed by atoms with Gasteiger partial charge in [0.05, 0.1) is 0 Å². The van der Waals surface area contributed by atoms with Crippen LogP contribution in [0.5, 0.6) is 0 Å². The number of carbonyl (C=O) groups excluding carboxylic acids is 2. The quantitative estimate of drug-likeness (QED) is 0.316. The van der Waals surface area contributed by atoms with Gasteiger partial charge in [0, 0.05) is 0 Å². The van der Waals surface area contributed by atoms with Gasteiger partial charge in [0.1, 0.15) is 0 Å². The lowest BCUT2D eigenvalue weighted by atomic mass is 11.3. The molecule has 0 aliphatic heterocycles. The lowest BCUT2D eigenvalue weighted by Gasteiger charge is -1.98. The second kappa shape index (κ2) is 6.43. The summed E-state index contributed by atoms with van der Waals surface area (Å²) in [5, 5.41) is 0. The van der Waals surface area contributed by atoms with E-state index in [0.29, 0.717) is 0 Å². The van der Waals surface area contributed by atoms with Crippen LogP contribution in [0.15, 0.2) is 0 Å². The Morgan fingerprint density at radius 3 is 1.00 bits per heavy atom. The van der Waals surface area contributed by atoms with Gasteiger partial charge in [0.2, 0.25) is 0 Å². The summed E-state index contributed by atoms with van der Waals surface area (Å²) >= 11 is 0. The van der Waals surface area contributed by atoms with Crippen molar-refractivity contribution < 1.29 is 47.3 Å². The minimum atomic E-state index is -4.70. The summed E-state index contributed by atoms with van der Waals surface area (Å²) in [6, 6.07) is 0. The maximum atomic E-state index is 9.61. The molecule has 0 radical (unpaired) electrons. The zero-order chi connectivity index (χ0) is 13.6. The van der Waals surface area contributed by atoms with Gasteiger partial charge in [0.15, 0.2) is 0 Å². The molecule has 0 aromatic rings. The first-order valence-electron chi connectivity index (χ1n) is 2.92. The summed E-state index contributed by atoms with van der Waals surface area (Å²) in [5.41, 5.74) is 8.45.